The molecule has 0 aliphatic rings. The van der Waals surface area contributed by atoms with Crippen molar-refractivity contribution < 1.29 is 9.53 Å². The SMILES string of the molecule is COC(C(=O)NCCC(N)=S)c1ccccc1. The molecule has 0 aliphatic heterocycles. The second-order valence-electron chi connectivity index (χ2n) is 3.53. The van der Waals surface area contributed by atoms with Crippen molar-refractivity contribution in [2.75, 3.05) is 13.7 Å². The third-order valence-corrected chi connectivity index (χ3v) is 2.45. The van der Waals surface area contributed by atoms with Crippen molar-refractivity contribution in [2.45, 2.75) is 12.5 Å². The van der Waals surface area contributed by atoms with Crippen LogP contribution in [0, 0.1) is 0 Å². The van der Waals surface area contributed by atoms with E-state index in [4.69, 9.17) is 22.7 Å². The molecule has 0 spiro atoms. The number of nitrogens with one attached hydrogen (secondary N) is 1. The van der Waals surface area contributed by atoms with E-state index in [9.17, 15) is 4.79 Å². The summed E-state index contributed by atoms with van der Waals surface area (Å²) in [6.45, 7) is 0.431. The van der Waals surface area contributed by atoms with Gasteiger partial charge in [-0.1, -0.05) is 42.5 Å². The molecule has 0 heterocycles. The first-order valence-electron chi connectivity index (χ1n) is 5.29. The smallest absolute Gasteiger partial charge is 0.253 e. The van der Waals surface area contributed by atoms with Gasteiger partial charge in [-0.3, -0.25) is 4.79 Å². The van der Waals surface area contributed by atoms with E-state index in [0.29, 0.717) is 18.0 Å². The van der Waals surface area contributed by atoms with Crippen LogP contribution in [-0.4, -0.2) is 24.6 Å². The average molecular weight is 252 g/mol. The van der Waals surface area contributed by atoms with E-state index in [0.717, 1.165) is 5.56 Å². The molecule has 0 aromatic heterocycles. The van der Waals surface area contributed by atoms with Gasteiger partial charge < -0.3 is 15.8 Å². The number of rotatable bonds is 6. The van der Waals surface area contributed by atoms with E-state index in [-0.39, 0.29) is 5.91 Å². The molecule has 1 atom stereocenters. The minimum atomic E-state index is -0.595. The Kier molecular flexibility index (Phi) is 5.59. The van der Waals surface area contributed by atoms with Crippen molar-refractivity contribution in [1.29, 1.82) is 0 Å². The summed E-state index contributed by atoms with van der Waals surface area (Å²) >= 11 is 4.73. The Balaban J connectivity index is 2.56. The van der Waals surface area contributed by atoms with Crippen molar-refractivity contribution in [1.82, 2.24) is 5.32 Å². The maximum Gasteiger partial charge on any atom is 0.253 e. The number of carbonyl (C=O) groups is 1. The minimum Gasteiger partial charge on any atom is -0.393 e. The molecule has 0 fully saturated rings. The van der Waals surface area contributed by atoms with Gasteiger partial charge in [-0.2, -0.15) is 0 Å². The molecular weight excluding hydrogens is 236 g/mol. The summed E-state index contributed by atoms with van der Waals surface area (Å²) in [6.07, 6.45) is -0.103. The van der Waals surface area contributed by atoms with Gasteiger partial charge in [0.25, 0.3) is 5.91 Å². The van der Waals surface area contributed by atoms with Crippen molar-refractivity contribution in [2.24, 2.45) is 5.73 Å². The zero-order valence-electron chi connectivity index (χ0n) is 9.68. The quantitative estimate of drug-likeness (QED) is 0.746. The maximum absolute atomic E-state index is 11.8. The fraction of sp³-hybridized carbons (Fsp3) is 0.333. The molecule has 5 heteroatoms. The number of ether oxygens (including phenoxy) is 1. The van der Waals surface area contributed by atoms with Gasteiger partial charge in [0.05, 0.1) is 4.99 Å². The Labute approximate surface area is 106 Å². The summed E-state index contributed by atoms with van der Waals surface area (Å²) in [5, 5.41) is 2.73. The Hall–Kier alpha value is -1.46. The van der Waals surface area contributed by atoms with Crippen molar-refractivity contribution in [3.8, 4) is 0 Å². The first-order chi connectivity index (χ1) is 8.15. The first-order valence-corrected chi connectivity index (χ1v) is 5.69. The fourth-order valence-corrected chi connectivity index (χ4v) is 1.53. The third-order valence-electron chi connectivity index (χ3n) is 2.25. The molecule has 0 bridgehead atoms. The lowest BCUT2D eigenvalue weighted by molar-refractivity contribution is -0.131. The zero-order valence-corrected chi connectivity index (χ0v) is 10.5. The molecule has 0 saturated carbocycles. The average Bonchev–Trinajstić information content (AvgIpc) is 2.31. The maximum atomic E-state index is 11.8. The van der Waals surface area contributed by atoms with Gasteiger partial charge in [0.1, 0.15) is 0 Å². The van der Waals surface area contributed by atoms with Crippen LogP contribution in [0.4, 0.5) is 0 Å². The van der Waals surface area contributed by atoms with Crippen molar-refractivity contribution in [3.05, 3.63) is 35.9 Å². The van der Waals surface area contributed by atoms with Gasteiger partial charge in [0.2, 0.25) is 0 Å². The molecule has 0 aliphatic carbocycles. The summed E-state index contributed by atoms with van der Waals surface area (Å²) in [5.74, 6) is -0.185. The lowest BCUT2D eigenvalue weighted by Crippen LogP contribution is -2.32. The van der Waals surface area contributed by atoms with Gasteiger partial charge in [0, 0.05) is 20.1 Å². The number of hydrogen-bond acceptors (Lipinski definition) is 3. The van der Waals surface area contributed by atoms with Gasteiger partial charge in [-0.25, -0.2) is 0 Å². The fourth-order valence-electron chi connectivity index (χ4n) is 1.42. The molecule has 1 aromatic carbocycles. The van der Waals surface area contributed by atoms with E-state index in [2.05, 4.69) is 5.32 Å². The van der Waals surface area contributed by atoms with Crippen LogP contribution in [0.1, 0.15) is 18.1 Å². The number of methoxy groups -OCH3 is 1. The highest BCUT2D eigenvalue weighted by Crippen LogP contribution is 2.15. The predicted octanol–water partition coefficient (Wildman–Crippen LogP) is 1.17. The number of thiocarbonyl (C=S) groups is 1. The Morgan fingerprint density at radius 3 is 2.65 bits per heavy atom. The molecule has 1 amide bonds. The number of carbonyl (C=O) groups excluding carboxylic acids is 1. The molecule has 1 aromatic rings. The van der Waals surface area contributed by atoms with Crippen LogP contribution in [-0.2, 0) is 9.53 Å². The summed E-state index contributed by atoms with van der Waals surface area (Å²) in [7, 11) is 1.50. The van der Waals surface area contributed by atoms with Gasteiger partial charge in [0.15, 0.2) is 6.10 Å². The Morgan fingerprint density at radius 1 is 1.47 bits per heavy atom. The molecule has 4 nitrogen and oxygen atoms in total. The Bertz CT molecular complexity index is 381. The lowest BCUT2D eigenvalue weighted by atomic mass is 10.1. The van der Waals surface area contributed by atoms with E-state index in [1.54, 1.807) is 0 Å². The second-order valence-corrected chi connectivity index (χ2v) is 4.06. The van der Waals surface area contributed by atoms with Crippen LogP contribution >= 0.6 is 12.2 Å². The van der Waals surface area contributed by atoms with Gasteiger partial charge >= 0.3 is 0 Å². The normalized spacial score (nSPS) is 11.8. The van der Waals surface area contributed by atoms with Crippen LogP contribution in [0.15, 0.2) is 30.3 Å². The lowest BCUT2D eigenvalue weighted by Gasteiger charge is -2.15. The molecule has 0 saturated heterocycles. The monoisotopic (exact) mass is 252 g/mol. The number of nitrogens with two attached hydrogens (primary N) is 1. The van der Waals surface area contributed by atoms with Crippen LogP contribution in [0.2, 0.25) is 0 Å². The molecule has 0 radical (unpaired) electrons. The van der Waals surface area contributed by atoms with Crippen molar-refractivity contribution >= 4 is 23.1 Å². The van der Waals surface area contributed by atoms with E-state index >= 15 is 0 Å². The molecular formula is C12H16N2O2S. The second kappa shape index (κ2) is 6.98. The number of hydrogen-bond donors (Lipinski definition) is 2. The van der Waals surface area contributed by atoms with Crippen LogP contribution in [0.5, 0.6) is 0 Å². The third kappa shape index (κ3) is 4.50. The summed E-state index contributed by atoms with van der Waals surface area (Å²) in [5.41, 5.74) is 6.17. The van der Waals surface area contributed by atoms with Crippen molar-refractivity contribution in [3.63, 3.8) is 0 Å². The predicted molar refractivity (Wildman–Crippen MR) is 70.6 cm³/mol. The summed E-state index contributed by atoms with van der Waals surface area (Å²) in [4.78, 5) is 12.2. The highest BCUT2D eigenvalue weighted by molar-refractivity contribution is 7.80. The summed E-state index contributed by atoms with van der Waals surface area (Å²) < 4.78 is 5.18. The molecule has 1 rings (SSSR count). The number of amides is 1. The Morgan fingerprint density at radius 2 is 2.12 bits per heavy atom. The van der Waals surface area contributed by atoms with Crippen LogP contribution in [0.25, 0.3) is 0 Å². The topological polar surface area (TPSA) is 64.3 Å². The largest absolute Gasteiger partial charge is 0.393 e. The molecule has 17 heavy (non-hydrogen) atoms. The summed E-state index contributed by atoms with van der Waals surface area (Å²) in [6, 6.07) is 9.32. The van der Waals surface area contributed by atoms with E-state index in [1.165, 1.54) is 7.11 Å². The first kappa shape index (κ1) is 13.6. The minimum absolute atomic E-state index is 0.185. The van der Waals surface area contributed by atoms with E-state index in [1.807, 2.05) is 30.3 Å². The molecule has 92 valence electrons. The van der Waals surface area contributed by atoms with E-state index < -0.39 is 6.10 Å². The molecule has 1 unspecified atom stereocenters. The van der Waals surface area contributed by atoms with Gasteiger partial charge in [-0.05, 0) is 5.56 Å². The highest BCUT2D eigenvalue weighted by atomic mass is 32.1. The van der Waals surface area contributed by atoms with Crippen LogP contribution < -0.4 is 11.1 Å². The number of benzene rings is 1. The molecule has 3 N–H and O–H groups in total. The van der Waals surface area contributed by atoms with Crippen LogP contribution in [0.3, 0.4) is 0 Å². The standard InChI is InChI=1S/C12H16N2O2S/c1-16-11(9-5-3-2-4-6-9)12(15)14-8-7-10(13)17/h2-6,11H,7-8H2,1H3,(H2,13,17)(H,14,15). The highest BCUT2D eigenvalue weighted by Gasteiger charge is 2.18. The van der Waals surface area contributed by atoms with Gasteiger partial charge in [-0.15, -0.1) is 0 Å². The zero-order chi connectivity index (χ0) is 12.7.